The predicted octanol–water partition coefficient (Wildman–Crippen LogP) is 2.77. The van der Waals surface area contributed by atoms with Crippen LogP contribution in [0.4, 0.5) is 5.69 Å². The van der Waals surface area contributed by atoms with Gasteiger partial charge >= 0.3 is 0 Å². The van der Waals surface area contributed by atoms with Gasteiger partial charge in [-0.3, -0.25) is 9.69 Å². The summed E-state index contributed by atoms with van der Waals surface area (Å²) in [4.78, 5) is 14.3. The van der Waals surface area contributed by atoms with Gasteiger partial charge in [0, 0.05) is 36.3 Å². The van der Waals surface area contributed by atoms with Gasteiger partial charge in [-0.05, 0) is 44.6 Å². The van der Waals surface area contributed by atoms with E-state index in [-0.39, 0.29) is 18.3 Å². The molecule has 1 unspecified atom stereocenters. The predicted molar refractivity (Wildman–Crippen MR) is 90.5 cm³/mol. The summed E-state index contributed by atoms with van der Waals surface area (Å²) in [5.74, 6) is 0.0439. The minimum absolute atomic E-state index is 0. The van der Waals surface area contributed by atoms with E-state index < -0.39 is 0 Å². The van der Waals surface area contributed by atoms with Gasteiger partial charge in [0.2, 0.25) is 5.91 Å². The van der Waals surface area contributed by atoms with Crippen LogP contribution < -0.4 is 10.6 Å². The molecule has 1 aliphatic rings. The van der Waals surface area contributed by atoms with Gasteiger partial charge in [-0.2, -0.15) is 0 Å². The molecule has 1 aliphatic heterocycles. The van der Waals surface area contributed by atoms with E-state index in [1.165, 1.54) is 12.8 Å². The molecule has 0 aliphatic carbocycles. The van der Waals surface area contributed by atoms with Gasteiger partial charge in [-0.15, -0.1) is 12.4 Å². The molecule has 1 aromatic carbocycles. The first-order valence-corrected chi connectivity index (χ1v) is 7.51. The summed E-state index contributed by atoms with van der Waals surface area (Å²) in [7, 11) is 1.97. The molecule has 1 amide bonds. The Balaban J connectivity index is 0.00000220. The van der Waals surface area contributed by atoms with E-state index in [1.807, 2.05) is 19.2 Å². The first-order valence-electron chi connectivity index (χ1n) is 7.13. The number of halogens is 2. The molecule has 1 aromatic rings. The highest BCUT2D eigenvalue weighted by Gasteiger charge is 2.23. The van der Waals surface area contributed by atoms with Crippen LogP contribution in [0, 0.1) is 0 Å². The molecule has 1 heterocycles. The Bertz CT molecular complexity index is 456. The summed E-state index contributed by atoms with van der Waals surface area (Å²) >= 11 is 5.90. The van der Waals surface area contributed by atoms with Crippen LogP contribution in [0.3, 0.4) is 0 Å². The second-order valence-corrected chi connectivity index (χ2v) is 5.63. The summed E-state index contributed by atoms with van der Waals surface area (Å²) in [5.41, 5.74) is 0.760. The Kier molecular flexibility index (Phi) is 8.04. The van der Waals surface area contributed by atoms with Crippen LogP contribution in [0.25, 0.3) is 0 Å². The smallest absolute Gasteiger partial charge is 0.225 e. The SMILES string of the molecule is CNCC1CCCN1CCC(=O)Nc1cccc(Cl)c1.Cl. The third kappa shape index (κ3) is 5.83. The third-order valence-corrected chi connectivity index (χ3v) is 3.91. The molecule has 0 bridgehead atoms. The third-order valence-electron chi connectivity index (χ3n) is 3.67. The van der Waals surface area contributed by atoms with Crippen LogP contribution >= 0.6 is 24.0 Å². The fourth-order valence-electron chi connectivity index (χ4n) is 2.69. The molecule has 4 nitrogen and oxygen atoms in total. The van der Waals surface area contributed by atoms with Crippen LogP contribution in [0.2, 0.25) is 5.02 Å². The molecular weight excluding hydrogens is 309 g/mol. The topological polar surface area (TPSA) is 44.4 Å². The monoisotopic (exact) mass is 331 g/mol. The first kappa shape index (κ1) is 18.2. The molecule has 21 heavy (non-hydrogen) atoms. The van der Waals surface area contributed by atoms with Crippen LogP contribution in [0.1, 0.15) is 19.3 Å². The fraction of sp³-hybridized carbons (Fsp3) is 0.533. The molecule has 2 N–H and O–H groups in total. The molecule has 1 fully saturated rings. The van der Waals surface area contributed by atoms with Crippen molar-refractivity contribution in [1.29, 1.82) is 0 Å². The van der Waals surface area contributed by atoms with E-state index in [0.29, 0.717) is 17.5 Å². The minimum atomic E-state index is 0. The van der Waals surface area contributed by atoms with Crippen LogP contribution in [0.15, 0.2) is 24.3 Å². The molecule has 1 atom stereocenters. The van der Waals surface area contributed by atoms with Crippen molar-refractivity contribution < 1.29 is 4.79 Å². The molecular formula is C15H23Cl2N3O. The summed E-state index contributed by atoms with van der Waals surface area (Å²) in [6.07, 6.45) is 2.96. The quantitative estimate of drug-likeness (QED) is 0.842. The summed E-state index contributed by atoms with van der Waals surface area (Å²) in [5, 5.41) is 6.74. The number of nitrogens with one attached hydrogen (secondary N) is 2. The lowest BCUT2D eigenvalue weighted by atomic mass is 10.2. The lowest BCUT2D eigenvalue weighted by Crippen LogP contribution is -2.38. The van der Waals surface area contributed by atoms with Crippen molar-refractivity contribution in [3.05, 3.63) is 29.3 Å². The highest BCUT2D eigenvalue weighted by atomic mass is 35.5. The second kappa shape index (κ2) is 9.26. The fourth-order valence-corrected chi connectivity index (χ4v) is 2.88. The van der Waals surface area contributed by atoms with Gasteiger partial charge in [0.15, 0.2) is 0 Å². The van der Waals surface area contributed by atoms with E-state index in [0.717, 1.165) is 25.3 Å². The minimum Gasteiger partial charge on any atom is -0.326 e. The second-order valence-electron chi connectivity index (χ2n) is 5.20. The van der Waals surface area contributed by atoms with E-state index >= 15 is 0 Å². The Morgan fingerprint density at radius 2 is 2.29 bits per heavy atom. The van der Waals surface area contributed by atoms with Crippen molar-refractivity contribution in [3.8, 4) is 0 Å². The van der Waals surface area contributed by atoms with E-state index in [1.54, 1.807) is 12.1 Å². The summed E-state index contributed by atoms with van der Waals surface area (Å²) in [6, 6.07) is 7.81. The van der Waals surface area contributed by atoms with Gasteiger partial charge in [0.05, 0.1) is 0 Å². The molecule has 0 aromatic heterocycles. The number of anilines is 1. The first-order chi connectivity index (χ1) is 9.69. The van der Waals surface area contributed by atoms with Crippen molar-refractivity contribution in [2.45, 2.75) is 25.3 Å². The number of likely N-dealkylation sites (tertiary alicyclic amines) is 1. The van der Waals surface area contributed by atoms with E-state index in [2.05, 4.69) is 15.5 Å². The van der Waals surface area contributed by atoms with Crippen molar-refractivity contribution in [2.24, 2.45) is 0 Å². The maximum atomic E-state index is 11.9. The molecule has 118 valence electrons. The van der Waals surface area contributed by atoms with Crippen molar-refractivity contribution in [2.75, 3.05) is 32.0 Å². The van der Waals surface area contributed by atoms with E-state index in [4.69, 9.17) is 11.6 Å². The maximum Gasteiger partial charge on any atom is 0.225 e. The molecule has 0 spiro atoms. The maximum absolute atomic E-state index is 11.9. The number of nitrogens with zero attached hydrogens (tertiary/aromatic N) is 1. The number of carbonyl (C=O) groups excluding carboxylic acids is 1. The number of likely N-dealkylation sites (N-methyl/N-ethyl adjacent to an activating group) is 1. The Hall–Kier alpha value is -0.810. The Morgan fingerprint density at radius 1 is 1.48 bits per heavy atom. The van der Waals surface area contributed by atoms with Crippen LogP contribution in [-0.2, 0) is 4.79 Å². The highest BCUT2D eigenvalue weighted by Crippen LogP contribution is 2.18. The van der Waals surface area contributed by atoms with Gasteiger partial charge in [0.1, 0.15) is 0 Å². The average Bonchev–Trinajstić information content (AvgIpc) is 2.84. The van der Waals surface area contributed by atoms with Crippen molar-refractivity contribution in [1.82, 2.24) is 10.2 Å². The number of carbonyl (C=O) groups is 1. The standard InChI is InChI=1S/C15H22ClN3O.ClH/c1-17-11-14-6-3-8-19(14)9-7-15(20)18-13-5-2-4-12(16)10-13;/h2,4-5,10,14,17H,3,6-9,11H2,1H3,(H,18,20);1H. The highest BCUT2D eigenvalue weighted by molar-refractivity contribution is 6.30. The average molecular weight is 332 g/mol. The van der Waals surface area contributed by atoms with Gasteiger partial charge in [0.25, 0.3) is 0 Å². The summed E-state index contributed by atoms with van der Waals surface area (Å²) in [6.45, 7) is 2.91. The molecule has 2 rings (SSSR count). The Morgan fingerprint density at radius 3 is 3.00 bits per heavy atom. The number of amides is 1. The zero-order valence-corrected chi connectivity index (χ0v) is 13.8. The number of rotatable bonds is 6. The zero-order valence-electron chi connectivity index (χ0n) is 12.3. The van der Waals surface area contributed by atoms with Crippen molar-refractivity contribution >= 4 is 35.6 Å². The molecule has 6 heteroatoms. The lowest BCUT2D eigenvalue weighted by Gasteiger charge is -2.23. The van der Waals surface area contributed by atoms with Gasteiger partial charge in [-0.1, -0.05) is 17.7 Å². The Labute approximate surface area is 137 Å². The van der Waals surface area contributed by atoms with Crippen molar-refractivity contribution in [3.63, 3.8) is 0 Å². The van der Waals surface area contributed by atoms with Gasteiger partial charge in [-0.25, -0.2) is 0 Å². The van der Waals surface area contributed by atoms with Crippen LogP contribution in [-0.4, -0.2) is 43.5 Å². The molecule has 0 radical (unpaired) electrons. The van der Waals surface area contributed by atoms with E-state index in [9.17, 15) is 4.79 Å². The number of hydrogen-bond acceptors (Lipinski definition) is 3. The summed E-state index contributed by atoms with van der Waals surface area (Å²) < 4.78 is 0. The van der Waals surface area contributed by atoms with Gasteiger partial charge < -0.3 is 10.6 Å². The largest absolute Gasteiger partial charge is 0.326 e. The molecule has 1 saturated heterocycles. The van der Waals surface area contributed by atoms with Crippen LogP contribution in [0.5, 0.6) is 0 Å². The number of hydrogen-bond donors (Lipinski definition) is 2. The lowest BCUT2D eigenvalue weighted by molar-refractivity contribution is -0.116. The normalized spacial score (nSPS) is 18.3. The molecule has 0 saturated carbocycles. The number of benzene rings is 1. The zero-order chi connectivity index (χ0) is 14.4.